The van der Waals surface area contributed by atoms with Crippen LogP contribution >= 0.6 is 28.1 Å². The summed E-state index contributed by atoms with van der Waals surface area (Å²) in [4.78, 5) is 0.411. The van der Waals surface area contributed by atoms with Crippen molar-refractivity contribution >= 4 is 38.8 Å². The molecule has 0 fully saturated rings. The van der Waals surface area contributed by atoms with Gasteiger partial charge in [-0.2, -0.15) is 0 Å². The van der Waals surface area contributed by atoms with E-state index in [0.29, 0.717) is 4.99 Å². The Morgan fingerprint density at radius 2 is 1.90 bits per heavy atom. The Labute approximate surface area is 133 Å². The Balaban J connectivity index is 2.13. The van der Waals surface area contributed by atoms with Gasteiger partial charge in [0, 0.05) is 22.3 Å². The van der Waals surface area contributed by atoms with Crippen molar-refractivity contribution in [3.05, 3.63) is 63.6 Å². The van der Waals surface area contributed by atoms with E-state index in [0.717, 1.165) is 28.7 Å². The zero-order chi connectivity index (χ0) is 14.5. The summed E-state index contributed by atoms with van der Waals surface area (Å²) in [6.45, 7) is 2.97. The average Bonchev–Trinajstić information content (AvgIpc) is 2.46. The van der Waals surface area contributed by atoms with Crippen molar-refractivity contribution in [2.45, 2.75) is 19.9 Å². The largest absolute Gasteiger partial charge is 0.389 e. The maximum Gasteiger partial charge on any atom is 0.104 e. The van der Waals surface area contributed by atoms with Crippen molar-refractivity contribution in [1.82, 2.24) is 0 Å². The van der Waals surface area contributed by atoms with Crippen molar-refractivity contribution in [3.63, 3.8) is 0 Å². The van der Waals surface area contributed by atoms with Crippen molar-refractivity contribution in [2.75, 3.05) is 5.32 Å². The topological polar surface area (TPSA) is 38.0 Å². The van der Waals surface area contributed by atoms with Crippen LogP contribution in [0.5, 0.6) is 0 Å². The average molecular weight is 349 g/mol. The highest BCUT2D eigenvalue weighted by molar-refractivity contribution is 9.10. The molecule has 0 unspecified atom stereocenters. The van der Waals surface area contributed by atoms with Crippen molar-refractivity contribution in [1.29, 1.82) is 0 Å². The first-order valence-electron chi connectivity index (χ1n) is 6.51. The summed E-state index contributed by atoms with van der Waals surface area (Å²) in [5.74, 6) is 0. The molecule has 0 atom stereocenters. The highest BCUT2D eigenvalue weighted by atomic mass is 79.9. The molecule has 0 radical (unpaired) electrons. The minimum absolute atomic E-state index is 0.411. The smallest absolute Gasteiger partial charge is 0.104 e. The van der Waals surface area contributed by atoms with Crippen LogP contribution in [-0.4, -0.2) is 4.99 Å². The Hall–Kier alpha value is -1.39. The van der Waals surface area contributed by atoms with Gasteiger partial charge in [-0.05, 0) is 51.7 Å². The van der Waals surface area contributed by atoms with E-state index in [9.17, 15) is 0 Å². The van der Waals surface area contributed by atoms with Gasteiger partial charge >= 0.3 is 0 Å². The lowest BCUT2D eigenvalue weighted by molar-refractivity contribution is 1.04. The molecule has 0 aliphatic carbocycles. The molecule has 0 heterocycles. The molecule has 0 amide bonds. The van der Waals surface area contributed by atoms with Crippen LogP contribution in [0.15, 0.2) is 46.9 Å². The number of benzene rings is 2. The molecule has 0 aliphatic heterocycles. The Morgan fingerprint density at radius 1 is 1.20 bits per heavy atom. The summed E-state index contributed by atoms with van der Waals surface area (Å²) < 4.78 is 0.969. The third-order valence-corrected chi connectivity index (χ3v) is 4.11. The monoisotopic (exact) mass is 348 g/mol. The SMILES string of the molecule is CCc1ccccc1CNc1ccc(C(N)=S)cc1Br. The van der Waals surface area contributed by atoms with Gasteiger partial charge in [-0.15, -0.1) is 0 Å². The number of aryl methyl sites for hydroxylation is 1. The van der Waals surface area contributed by atoms with E-state index >= 15 is 0 Å². The Morgan fingerprint density at radius 3 is 2.50 bits per heavy atom. The summed E-state index contributed by atoms with van der Waals surface area (Å²) >= 11 is 8.52. The Kier molecular flexibility index (Phi) is 5.15. The van der Waals surface area contributed by atoms with Gasteiger partial charge < -0.3 is 11.1 Å². The number of nitrogens with one attached hydrogen (secondary N) is 1. The number of rotatable bonds is 5. The quantitative estimate of drug-likeness (QED) is 0.793. The van der Waals surface area contributed by atoms with Gasteiger partial charge in [0.05, 0.1) is 0 Å². The number of nitrogens with two attached hydrogens (primary N) is 1. The van der Waals surface area contributed by atoms with E-state index in [1.807, 2.05) is 18.2 Å². The molecular formula is C16H17BrN2S. The molecule has 0 aromatic heterocycles. The predicted molar refractivity (Wildman–Crippen MR) is 93.2 cm³/mol. The fraction of sp³-hybridized carbons (Fsp3) is 0.188. The van der Waals surface area contributed by atoms with Crippen LogP contribution in [0.1, 0.15) is 23.6 Å². The van der Waals surface area contributed by atoms with Gasteiger partial charge in [0.2, 0.25) is 0 Å². The van der Waals surface area contributed by atoms with Gasteiger partial charge in [-0.3, -0.25) is 0 Å². The molecule has 0 saturated carbocycles. The molecule has 4 heteroatoms. The van der Waals surface area contributed by atoms with Crippen molar-refractivity contribution in [2.24, 2.45) is 5.73 Å². The van der Waals surface area contributed by atoms with E-state index in [1.165, 1.54) is 11.1 Å². The normalized spacial score (nSPS) is 10.3. The summed E-state index contributed by atoms with van der Waals surface area (Å²) in [5, 5.41) is 3.44. The number of thiocarbonyl (C=S) groups is 1. The first-order chi connectivity index (χ1) is 9.61. The van der Waals surface area contributed by atoms with Gasteiger partial charge in [-0.1, -0.05) is 43.4 Å². The van der Waals surface area contributed by atoms with E-state index in [1.54, 1.807) is 0 Å². The van der Waals surface area contributed by atoms with Gasteiger partial charge in [0.1, 0.15) is 4.99 Å². The highest BCUT2D eigenvalue weighted by Crippen LogP contribution is 2.24. The molecular weight excluding hydrogens is 332 g/mol. The minimum atomic E-state index is 0.411. The minimum Gasteiger partial charge on any atom is -0.389 e. The van der Waals surface area contributed by atoms with Gasteiger partial charge in [0.25, 0.3) is 0 Å². The molecule has 2 aromatic rings. The molecule has 0 spiro atoms. The molecule has 0 aliphatic rings. The van der Waals surface area contributed by atoms with Crippen LogP contribution in [0.4, 0.5) is 5.69 Å². The van der Waals surface area contributed by atoms with Crippen molar-refractivity contribution in [3.8, 4) is 0 Å². The number of hydrogen-bond donors (Lipinski definition) is 2. The summed E-state index contributed by atoms with van der Waals surface area (Å²) in [7, 11) is 0. The van der Waals surface area contributed by atoms with E-state index in [2.05, 4.69) is 52.4 Å². The number of hydrogen-bond acceptors (Lipinski definition) is 2. The molecule has 20 heavy (non-hydrogen) atoms. The standard InChI is InChI=1S/C16H17BrN2S/c1-2-11-5-3-4-6-13(11)10-19-15-8-7-12(16(18)20)9-14(15)17/h3-9,19H,2,10H2,1H3,(H2,18,20). The second-order valence-electron chi connectivity index (χ2n) is 4.53. The molecule has 2 nitrogen and oxygen atoms in total. The third-order valence-electron chi connectivity index (χ3n) is 3.22. The highest BCUT2D eigenvalue weighted by Gasteiger charge is 2.04. The zero-order valence-electron chi connectivity index (χ0n) is 11.3. The first-order valence-corrected chi connectivity index (χ1v) is 7.72. The molecule has 104 valence electrons. The molecule has 0 bridgehead atoms. The molecule has 0 saturated heterocycles. The lowest BCUT2D eigenvalue weighted by Gasteiger charge is -2.12. The molecule has 2 rings (SSSR count). The van der Waals surface area contributed by atoms with Gasteiger partial charge in [0.15, 0.2) is 0 Å². The number of halogens is 1. The summed E-state index contributed by atoms with van der Waals surface area (Å²) in [6, 6.07) is 14.3. The lowest BCUT2D eigenvalue weighted by atomic mass is 10.1. The maximum atomic E-state index is 5.63. The zero-order valence-corrected chi connectivity index (χ0v) is 13.7. The third kappa shape index (κ3) is 3.58. The van der Waals surface area contributed by atoms with E-state index in [4.69, 9.17) is 18.0 Å². The van der Waals surface area contributed by atoms with Crippen molar-refractivity contribution < 1.29 is 0 Å². The van der Waals surface area contributed by atoms with Crippen LogP contribution in [0.3, 0.4) is 0 Å². The first kappa shape index (κ1) is 15.0. The number of anilines is 1. The van der Waals surface area contributed by atoms with E-state index < -0.39 is 0 Å². The second-order valence-corrected chi connectivity index (χ2v) is 5.83. The second kappa shape index (κ2) is 6.86. The predicted octanol–water partition coefficient (Wildman–Crippen LogP) is 4.26. The Bertz CT molecular complexity index is 626. The van der Waals surface area contributed by atoms with Gasteiger partial charge in [-0.25, -0.2) is 0 Å². The molecule has 3 N–H and O–H groups in total. The van der Waals surface area contributed by atoms with Crippen LogP contribution < -0.4 is 11.1 Å². The fourth-order valence-electron chi connectivity index (χ4n) is 2.08. The maximum absolute atomic E-state index is 5.63. The summed E-state index contributed by atoms with van der Waals surface area (Å²) in [5.41, 5.74) is 10.2. The van der Waals surface area contributed by atoms with Crippen LogP contribution in [0.25, 0.3) is 0 Å². The molecule has 2 aromatic carbocycles. The van der Waals surface area contributed by atoms with Crippen LogP contribution in [0, 0.1) is 0 Å². The van der Waals surface area contributed by atoms with Crippen LogP contribution in [0.2, 0.25) is 0 Å². The summed E-state index contributed by atoms with van der Waals surface area (Å²) in [6.07, 6.45) is 1.04. The fourth-order valence-corrected chi connectivity index (χ4v) is 2.72. The lowest BCUT2D eigenvalue weighted by Crippen LogP contribution is -2.09. The van der Waals surface area contributed by atoms with Crippen LogP contribution in [-0.2, 0) is 13.0 Å². The van der Waals surface area contributed by atoms with E-state index in [-0.39, 0.29) is 0 Å².